The molecule has 122 valence electrons. The number of hydrogen-bond acceptors (Lipinski definition) is 4. The lowest BCUT2D eigenvalue weighted by Crippen LogP contribution is -2.45. The third kappa shape index (κ3) is 3.64. The predicted octanol–water partition coefficient (Wildman–Crippen LogP) is 3.07. The molecule has 6 heteroatoms. The number of furan rings is 1. The van der Waals surface area contributed by atoms with Crippen LogP contribution in [0.5, 0.6) is 0 Å². The average molecular weight is 332 g/mol. The Morgan fingerprint density at radius 3 is 2.96 bits per heavy atom. The molecule has 0 radical (unpaired) electrons. The molecule has 0 bridgehead atoms. The van der Waals surface area contributed by atoms with Crippen molar-refractivity contribution >= 4 is 23.2 Å². The lowest BCUT2D eigenvalue weighted by molar-refractivity contribution is -0.135. The van der Waals surface area contributed by atoms with Gasteiger partial charge in [0.15, 0.2) is 0 Å². The summed E-state index contributed by atoms with van der Waals surface area (Å²) < 4.78 is 5.51. The van der Waals surface area contributed by atoms with E-state index in [1.165, 1.54) is 11.3 Å². The second-order valence-electron chi connectivity index (χ2n) is 5.91. The first-order valence-corrected chi connectivity index (χ1v) is 8.67. The van der Waals surface area contributed by atoms with Gasteiger partial charge in [-0.05, 0) is 42.3 Å². The summed E-state index contributed by atoms with van der Waals surface area (Å²) in [6.45, 7) is 2.90. The van der Waals surface area contributed by atoms with E-state index < -0.39 is 0 Å². The number of carbonyl (C=O) groups is 2. The Kier molecular flexibility index (Phi) is 4.81. The molecule has 0 aromatic carbocycles. The number of likely N-dealkylation sites (tertiary alicyclic amines) is 1. The largest absolute Gasteiger partial charge is 0.467 e. The molecular formula is C17H20N2O3S. The Morgan fingerprint density at radius 1 is 1.39 bits per heavy atom. The van der Waals surface area contributed by atoms with E-state index in [0.29, 0.717) is 17.3 Å². The van der Waals surface area contributed by atoms with Gasteiger partial charge in [-0.3, -0.25) is 9.59 Å². The fourth-order valence-corrected chi connectivity index (χ4v) is 3.58. The molecule has 2 atom stereocenters. The minimum absolute atomic E-state index is 0.0162. The number of hydrogen-bond donors (Lipinski definition) is 1. The van der Waals surface area contributed by atoms with Crippen molar-refractivity contribution < 1.29 is 14.0 Å². The van der Waals surface area contributed by atoms with Crippen molar-refractivity contribution in [3.63, 3.8) is 0 Å². The Labute approximate surface area is 139 Å². The Balaban J connectivity index is 1.64. The first-order valence-electron chi connectivity index (χ1n) is 7.79. The summed E-state index contributed by atoms with van der Waals surface area (Å²) in [4.78, 5) is 27.0. The summed E-state index contributed by atoms with van der Waals surface area (Å²) in [5, 5.41) is 4.55. The molecule has 0 saturated carbocycles. The molecule has 1 saturated heterocycles. The highest BCUT2D eigenvalue weighted by atomic mass is 32.1. The van der Waals surface area contributed by atoms with Crippen LogP contribution in [0.4, 0.5) is 0 Å². The topological polar surface area (TPSA) is 62.6 Å². The summed E-state index contributed by atoms with van der Waals surface area (Å²) >= 11 is 1.37. The van der Waals surface area contributed by atoms with Crippen LogP contribution in [0.2, 0.25) is 0 Å². The number of amides is 2. The molecule has 2 amide bonds. The lowest BCUT2D eigenvalue weighted by Gasteiger charge is -2.37. The van der Waals surface area contributed by atoms with E-state index in [2.05, 4.69) is 12.2 Å². The van der Waals surface area contributed by atoms with Crippen LogP contribution in [-0.4, -0.2) is 29.8 Å². The Morgan fingerprint density at radius 2 is 2.26 bits per heavy atom. The van der Waals surface area contributed by atoms with Crippen LogP contribution < -0.4 is 5.32 Å². The zero-order valence-corrected chi connectivity index (χ0v) is 13.8. The molecule has 1 N–H and O–H groups in total. The summed E-state index contributed by atoms with van der Waals surface area (Å²) in [6.07, 6.45) is 3.50. The SMILES string of the molecule is C[C@@H]1CCN(C(=O)CNC(=O)c2cccs2)[C@H](c2ccco2)C1. The van der Waals surface area contributed by atoms with Crippen LogP contribution in [0.15, 0.2) is 40.3 Å². The van der Waals surface area contributed by atoms with Gasteiger partial charge in [0, 0.05) is 6.54 Å². The summed E-state index contributed by atoms with van der Waals surface area (Å²) in [7, 11) is 0. The maximum atomic E-state index is 12.6. The maximum Gasteiger partial charge on any atom is 0.261 e. The first-order chi connectivity index (χ1) is 11.1. The van der Waals surface area contributed by atoms with Gasteiger partial charge in [-0.1, -0.05) is 13.0 Å². The summed E-state index contributed by atoms with van der Waals surface area (Å²) in [5.41, 5.74) is 0. The van der Waals surface area contributed by atoms with Crippen molar-refractivity contribution in [2.45, 2.75) is 25.8 Å². The third-order valence-electron chi connectivity index (χ3n) is 4.20. The molecule has 1 aliphatic heterocycles. The molecule has 3 rings (SSSR count). The molecule has 0 unspecified atom stereocenters. The van der Waals surface area contributed by atoms with Gasteiger partial charge in [-0.25, -0.2) is 0 Å². The van der Waals surface area contributed by atoms with Gasteiger partial charge in [0.05, 0.1) is 23.7 Å². The first kappa shape index (κ1) is 15.8. The van der Waals surface area contributed by atoms with Gasteiger partial charge in [0.25, 0.3) is 5.91 Å². The highest BCUT2D eigenvalue weighted by molar-refractivity contribution is 7.12. The van der Waals surface area contributed by atoms with Crippen molar-refractivity contribution in [3.8, 4) is 0 Å². The second-order valence-corrected chi connectivity index (χ2v) is 6.86. The van der Waals surface area contributed by atoms with E-state index in [4.69, 9.17) is 4.42 Å². The molecule has 0 aliphatic carbocycles. The summed E-state index contributed by atoms with van der Waals surface area (Å²) in [5.74, 6) is 1.10. The lowest BCUT2D eigenvalue weighted by atomic mass is 9.91. The van der Waals surface area contributed by atoms with Gasteiger partial charge < -0.3 is 14.6 Å². The number of piperidine rings is 1. The smallest absolute Gasteiger partial charge is 0.261 e. The van der Waals surface area contributed by atoms with Crippen LogP contribution in [0, 0.1) is 5.92 Å². The number of thiophene rings is 1. The average Bonchev–Trinajstić information content (AvgIpc) is 3.24. The van der Waals surface area contributed by atoms with Gasteiger partial charge in [0.1, 0.15) is 5.76 Å². The standard InChI is InChI=1S/C17H20N2O3S/c1-12-6-7-19(13(10-12)14-4-2-8-22-14)16(20)11-18-17(21)15-5-3-9-23-15/h2-5,8-9,12-13H,6-7,10-11H2,1H3,(H,18,21)/t12-,13+/m1/s1. The van der Waals surface area contributed by atoms with E-state index in [0.717, 1.165) is 18.6 Å². The zero-order chi connectivity index (χ0) is 16.2. The number of nitrogens with zero attached hydrogens (tertiary/aromatic N) is 1. The number of nitrogens with one attached hydrogen (secondary N) is 1. The molecule has 0 spiro atoms. The van der Waals surface area contributed by atoms with E-state index in [9.17, 15) is 9.59 Å². The molecule has 3 heterocycles. The van der Waals surface area contributed by atoms with E-state index in [-0.39, 0.29) is 24.4 Å². The van der Waals surface area contributed by atoms with Crippen LogP contribution in [0.1, 0.15) is 41.2 Å². The fourth-order valence-electron chi connectivity index (χ4n) is 2.94. The van der Waals surface area contributed by atoms with Crippen LogP contribution in [-0.2, 0) is 4.79 Å². The minimum atomic E-state index is -0.201. The molecule has 2 aromatic heterocycles. The van der Waals surface area contributed by atoms with Crippen LogP contribution >= 0.6 is 11.3 Å². The zero-order valence-electron chi connectivity index (χ0n) is 13.0. The quantitative estimate of drug-likeness (QED) is 0.936. The van der Waals surface area contributed by atoms with E-state index >= 15 is 0 Å². The monoisotopic (exact) mass is 332 g/mol. The second kappa shape index (κ2) is 7.00. The van der Waals surface area contributed by atoms with E-state index in [1.807, 2.05) is 28.5 Å². The van der Waals surface area contributed by atoms with Crippen molar-refractivity contribution in [3.05, 3.63) is 46.5 Å². The van der Waals surface area contributed by atoms with Crippen LogP contribution in [0.3, 0.4) is 0 Å². The van der Waals surface area contributed by atoms with Gasteiger partial charge in [0.2, 0.25) is 5.91 Å². The minimum Gasteiger partial charge on any atom is -0.467 e. The fraction of sp³-hybridized carbons (Fsp3) is 0.412. The van der Waals surface area contributed by atoms with Crippen molar-refractivity contribution in [2.75, 3.05) is 13.1 Å². The molecule has 23 heavy (non-hydrogen) atoms. The Bertz CT molecular complexity index is 651. The molecule has 2 aromatic rings. The van der Waals surface area contributed by atoms with Crippen LogP contribution in [0.25, 0.3) is 0 Å². The highest BCUT2D eigenvalue weighted by Gasteiger charge is 2.32. The van der Waals surface area contributed by atoms with Gasteiger partial charge >= 0.3 is 0 Å². The predicted molar refractivity (Wildman–Crippen MR) is 88.2 cm³/mol. The number of rotatable bonds is 4. The van der Waals surface area contributed by atoms with Crippen molar-refractivity contribution in [1.29, 1.82) is 0 Å². The number of carbonyl (C=O) groups excluding carboxylic acids is 2. The molecule has 1 fully saturated rings. The molecule has 5 nitrogen and oxygen atoms in total. The Hall–Kier alpha value is -2.08. The van der Waals surface area contributed by atoms with E-state index in [1.54, 1.807) is 12.3 Å². The normalized spacial score (nSPS) is 21.2. The molecular weight excluding hydrogens is 312 g/mol. The molecule has 1 aliphatic rings. The maximum absolute atomic E-state index is 12.6. The van der Waals surface area contributed by atoms with Gasteiger partial charge in [-0.15, -0.1) is 11.3 Å². The van der Waals surface area contributed by atoms with Crippen molar-refractivity contribution in [1.82, 2.24) is 10.2 Å². The van der Waals surface area contributed by atoms with Crippen molar-refractivity contribution in [2.24, 2.45) is 5.92 Å². The third-order valence-corrected chi connectivity index (χ3v) is 5.07. The van der Waals surface area contributed by atoms with Gasteiger partial charge in [-0.2, -0.15) is 0 Å². The highest BCUT2D eigenvalue weighted by Crippen LogP contribution is 2.34. The summed E-state index contributed by atoms with van der Waals surface area (Å²) in [6, 6.07) is 7.28.